The zero-order valence-electron chi connectivity index (χ0n) is 16.4. The number of halogens is 1. The fraction of sp³-hybridized carbons (Fsp3) is 0.391. The van der Waals surface area contributed by atoms with Gasteiger partial charge in [0.05, 0.1) is 24.0 Å². The Morgan fingerprint density at radius 3 is 2.93 bits per heavy atom. The molecule has 1 saturated heterocycles. The number of aryl methyl sites for hydroxylation is 1. The van der Waals surface area contributed by atoms with E-state index < -0.39 is 0 Å². The second kappa shape index (κ2) is 8.74. The van der Waals surface area contributed by atoms with Gasteiger partial charge < -0.3 is 14.6 Å². The molecule has 0 radical (unpaired) electrons. The maximum atomic E-state index is 13.9. The van der Waals surface area contributed by atoms with Gasteiger partial charge in [0.15, 0.2) is 0 Å². The third-order valence-corrected chi connectivity index (χ3v) is 5.79. The number of imidazole rings is 1. The lowest BCUT2D eigenvalue weighted by Gasteiger charge is -2.33. The van der Waals surface area contributed by atoms with Crippen molar-refractivity contribution in [2.24, 2.45) is 5.92 Å². The van der Waals surface area contributed by atoms with Crippen molar-refractivity contribution in [3.8, 4) is 0 Å². The molecule has 152 valence electrons. The third-order valence-electron chi connectivity index (χ3n) is 5.79. The highest BCUT2D eigenvalue weighted by Crippen LogP contribution is 2.24. The van der Waals surface area contributed by atoms with Gasteiger partial charge in [0.1, 0.15) is 5.82 Å². The molecule has 1 aliphatic heterocycles. The summed E-state index contributed by atoms with van der Waals surface area (Å²) in [6.07, 6.45) is 5.32. The van der Waals surface area contributed by atoms with E-state index in [1.807, 2.05) is 39.8 Å². The number of carbonyl (C=O) groups is 1. The fourth-order valence-corrected chi connectivity index (χ4v) is 4.21. The quantitative estimate of drug-likeness (QED) is 0.693. The van der Waals surface area contributed by atoms with Gasteiger partial charge in [-0.25, -0.2) is 9.37 Å². The number of aliphatic hydroxyl groups is 1. The molecule has 2 aromatic carbocycles. The number of piperidine rings is 1. The lowest BCUT2D eigenvalue weighted by Crippen LogP contribution is -2.40. The Morgan fingerprint density at radius 2 is 2.10 bits per heavy atom. The Balaban J connectivity index is 1.42. The maximum absolute atomic E-state index is 13.9. The topological polar surface area (TPSA) is 58.4 Å². The van der Waals surface area contributed by atoms with E-state index in [0.717, 1.165) is 42.4 Å². The molecule has 0 spiro atoms. The molecular formula is C23H26FN3O2. The van der Waals surface area contributed by atoms with E-state index in [2.05, 4.69) is 4.98 Å². The first-order valence-electron chi connectivity index (χ1n) is 10.2. The maximum Gasteiger partial charge on any atom is 0.253 e. The Bertz CT molecular complexity index is 1000. The van der Waals surface area contributed by atoms with Crippen molar-refractivity contribution in [3.05, 3.63) is 65.7 Å². The molecule has 5 nitrogen and oxygen atoms in total. The number of hydrogen-bond donors (Lipinski definition) is 1. The van der Waals surface area contributed by atoms with Crippen LogP contribution >= 0.6 is 0 Å². The Morgan fingerprint density at radius 1 is 1.24 bits per heavy atom. The van der Waals surface area contributed by atoms with Crippen molar-refractivity contribution in [3.63, 3.8) is 0 Å². The summed E-state index contributed by atoms with van der Waals surface area (Å²) < 4.78 is 15.7. The number of aliphatic hydroxyl groups excluding tert-OH is 1. The number of amides is 1. The minimum absolute atomic E-state index is 0.0270. The minimum Gasteiger partial charge on any atom is -0.395 e. The number of aromatic nitrogens is 2. The Kier molecular flexibility index (Phi) is 5.90. The largest absolute Gasteiger partial charge is 0.395 e. The van der Waals surface area contributed by atoms with Crippen molar-refractivity contribution in [1.29, 1.82) is 0 Å². The molecule has 2 heterocycles. The Labute approximate surface area is 169 Å². The summed E-state index contributed by atoms with van der Waals surface area (Å²) in [6.45, 7) is 2.00. The monoisotopic (exact) mass is 395 g/mol. The smallest absolute Gasteiger partial charge is 0.253 e. The summed E-state index contributed by atoms with van der Waals surface area (Å²) in [6, 6.07) is 12.5. The van der Waals surface area contributed by atoms with Gasteiger partial charge in [-0.1, -0.05) is 18.2 Å². The number of rotatable bonds is 6. The van der Waals surface area contributed by atoms with Crippen LogP contribution in [0.25, 0.3) is 11.0 Å². The SMILES string of the molecule is O=C(c1ccc2c(c1)ncn2CCO)N1CCC[C@@H](CCc2ccccc2F)C1. The molecule has 1 aliphatic rings. The molecule has 1 aromatic heterocycles. The summed E-state index contributed by atoms with van der Waals surface area (Å²) in [7, 11) is 0. The van der Waals surface area contributed by atoms with Gasteiger partial charge in [-0.15, -0.1) is 0 Å². The summed E-state index contributed by atoms with van der Waals surface area (Å²) >= 11 is 0. The van der Waals surface area contributed by atoms with Crippen LogP contribution in [0.15, 0.2) is 48.8 Å². The van der Waals surface area contributed by atoms with Crippen LogP contribution in [0.5, 0.6) is 0 Å². The first-order chi connectivity index (χ1) is 14.2. The molecule has 29 heavy (non-hydrogen) atoms. The van der Waals surface area contributed by atoms with Crippen LogP contribution in [0.1, 0.15) is 35.2 Å². The average molecular weight is 395 g/mol. The summed E-state index contributed by atoms with van der Waals surface area (Å²) in [5.41, 5.74) is 3.07. The normalized spacial score (nSPS) is 17.0. The van der Waals surface area contributed by atoms with Gasteiger partial charge in [0.25, 0.3) is 5.91 Å². The summed E-state index contributed by atoms with van der Waals surface area (Å²) in [5.74, 6) is 0.268. The van der Waals surface area contributed by atoms with Crippen molar-refractivity contribution >= 4 is 16.9 Å². The summed E-state index contributed by atoms with van der Waals surface area (Å²) in [4.78, 5) is 19.3. The lowest BCUT2D eigenvalue weighted by atomic mass is 9.91. The number of likely N-dealkylation sites (tertiary alicyclic amines) is 1. The molecule has 0 aliphatic carbocycles. The third kappa shape index (κ3) is 4.32. The van der Waals surface area contributed by atoms with E-state index >= 15 is 0 Å². The Hall–Kier alpha value is -2.73. The molecule has 0 unspecified atom stereocenters. The van der Waals surface area contributed by atoms with E-state index in [-0.39, 0.29) is 18.3 Å². The summed E-state index contributed by atoms with van der Waals surface area (Å²) in [5, 5.41) is 9.14. The number of benzene rings is 2. The second-order valence-electron chi connectivity index (χ2n) is 7.75. The van der Waals surface area contributed by atoms with Gasteiger partial charge in [0.2, 0.25) is 0 Å². The highest BCUT2D eigenvalue weighted by atomic mass is 19.1. The van der Waals surface area contributed by atoms with Crippen LogP contribution in [0.3, 0.4) is 0 Å². The number of hydrogen-bond acceptors (Lipinski definition) is 3. The van der Waals surface area contributed by atoms with Gasteiger partial charge in [-0.3, -0.25) is 4.79 Å². The minimum atomic E-state index is -0.148. The van der Waals surface area contributed by atoms with Gasteiger partial charge in [0, 0.05) is 25.2 Å². The molecule has 1 amide bonds. The fourth-order valence-electron chi connectivity index (χ4n) is 4.21. The van der Waals surface area contributed by atoms with Crippen LogP contribution in [-0.2, 0) is 13.0 Å². The standard InChI is InChI=1S/C23H26FN3O2/c24-20-6-2-1-5-18(20)8-7-17-4-3-11-26(15-17)23(29)19-9-10-22-21(14-19)25-16-27(22)12-13-28/h1-2,5-6,9-10,14,16-17,28H,3-4,7-8,11-13,15H2/t17-/m0/s1. The molecule has 1 fully saturated rings. The molecule has 6 heteroatoms. The van der Waals surface area contributed by atoms with E-state index in [9.17, 15) is 9.18 Å². The lowest BCUT2D eigenvalue weighted by molar-refractivity contribution is 0.0668. The van der Waals surface area contributed by atoms with Crippen LogP contribution in [0.4, 0.5) is 4.39 Å². The zero-order valence-corrected chi connectivity index (χ0v) is 16.4. The molecule has 1 atom stereocenters. The predicted octanol–water partition coefficient (Wildman–Crippen LogP) is 3.65. The number of nitrogens with zero attached hydrogens (tertiary/aromatic N) is 3. The molecule has 4 rings (SSSR count). The highest BCUT2D eigenvalue weighted by molar-refractivity contribution is 5.97. The molecule has 0 saturated carbocycles. The number of fused-ring (bicyclic) bond motifs is 1. The highest BCUT2D eigenvalue weighted by Gasteiger charge is 2.25. The molecular weight excluding hydrogens is 369 g/mol. The average Bonchev–Trinajstić information content (AvgIpc) is 3.15. The molecule has 3 aromatic rings. The zero-order chi connectivity index (χ0) is 20.2. The van der Waals surface area contributed by atoms with Gasteiger partial charge in [-0.05, 0) is 61.4 Å². The van der Waals surface area contributed by atoms with Gasteiger partial charge in [-0.2, -0.15) is 0 Å². The predicted molar refractivity (Wildman–Crippen MR) is 110 cm³/mol. The van der Waals surface area contributed by atoms with Crippen LogP contribution in [-0.4, -0.2) is 45.2 Å². The van der Waals surface area contributed by atoms with E-state index in [1.165, 1.54) is 6.07 Å². The van der Waals surface area contributed by atoms with Crippen molar-refractivity contribution in [2.75, 3.05) is 19.7 Å². The van der Waals surface area contributed by atoms with Crippen LogP contribution in [0.2, 0.25) is 0 Å². The van der Waals surface area contributed by atoms with E-state index in [4.69, 9.17) is 5.11 Å². The first-order valence-corrected chi connectivity index (χ1v) is 10.2. The number of carbonyl (C=O) groups excluding carboxylic acids is 1. The molecule has 0 bridgehead atoms. The first kappa shape index (κ1) is 19.6. The van der Waals surface area contributed by atoms with Crippen molar-refractivity contribution in [1.82, 2.24) is 14.5 Å². The molecule has 1 N–H and O–H groups in total. The van der Waals surface area contributed by atoms with Crippen LogP contribution in [0, 0.1) is 11.7 Å². The van der Waals surface area contributed by atoms with E-state index in [0.29, 0.717) is 31.0 Å². The second-order valence-corrected chi connectivity index (χ2v) is 7.75. The van der Waals surface area contributed by atoms with Crippen molar-refractivity contribution < 1.29 is 14.3 Å². The van der Waals surface area contributed by atoms with Gasteiger partial charge >= 0.3 is 0 Å². The van der Waals surface area contributed by atoms with Crippen molar-refractivity contribution in [2.45, 2.75) is 32.2 Å². The van der Waals surface area contributed by atoms with Crippen LogP contribution < -0.4 is 0 Å². The van der Waals surface area contributed by atoms with E-state index in [1.54, 1.807) is 12.4 Å².